The van der Waals surface area contributed by atoms with Gasteiger partial charge in [0, 0.05) is 10.9 Å². The molecule has 31 heavy (non-hydrogen) atoms. The average molecular weight is 405 g/mol. The Morgan fingerprint density at radius 1 is 0.935 bits per heavy atom. The van der Waals surface area contributed by atoms with Gasteiger partial charge in [-0.15, -0.1) is 0 Å². The van der Waals surface area contributed by atoms with Gasteiger partial charge in [0.05, 0.1) is 10.9 Å². The summed E-state index contributed by atoms with van der Waals surface area (Å²) in [5.74, 6) is 1.21. The lowest BCUT2D eigenvalue weighted by Crippen LogP contribution is -2.14. The molecule has 0 unspecified atom stereocenters. The van der Waals surface area contributed by atoms with Crippen molar-refractivity contribution in [3.63, 3.8) is 0 Å². The van der Waals surface area contributed by atoms with E-state index in [1.54, 1.807) is 42.5 Å². The van der Waals surface area contributed by atoms with Crippen molar-refractivity contribution in [2.75, 3.05) is 0 Å². The van der Waals surface area contributed by atoms with E-state index in [-0.39, 0.29) is 22.1 Å². The third-order valence-electron chi connectivity index (χ3n) is 5.02. The minimum Gasteiger partial charge on any atom is -0.457 e. The maximum atomic E-state index is 13.0. The molecule has 3 aromatic carbocycles. The number of benzene rings is 3. The number of H-pyrrole nitrogens is 1. The average Bonchev–Trinajstić information content (AvgIpc) is 2.79. The summed E-state index contributed by atoms with van der Waals surface area (Å²) in [5.41, 5.74) is 1.10. The van der Waals surface area contributed by atoms with Gasteiger partial charge in [-0.1, -0.05) is 42.5 Å². The molecule has 0 fully saturated rings. The summed E-state index contributed by atoms with van der Waals surface area (Å²) < 4.78 is 11.6. The van der Waals surface area contributed by atoms with Crippen LogP contribution in [0, 0.1) is 16.7 Å². The second-order valence-corrected chi connectivity index (χ2v) is 6.94. The van der Waals surface area contributed by atoms with Crippen LogP contribution < -0.4 is 15.9 Å². The molecule has 0 saturated carbocycles. The Bertz CT molecular complexity index is 1610. The molecule has 148 valence electrons. The minimum atomic E-state index is -0.390. The zero-order chi connectivity index (χ0) is 21.4. The molecule has 0 bridgehead atoms. The molecular formula is C25H15N3O3. The Balaban J connectivity index is 1.82. The number of nitriles is 1. The predicted molar refractivity (Wildman–Crippen MR) is 117 cm³/mol. The summed E-state index contributed by atoms with van der Waals surface area (Å²) in [7, 11) is 0. The van der Waals surface area contributed by atoms with Crippen LogP contribution in [0.3, 0.4) is 0 Å². The van der Waals surface area contributed by atoms with Crippen LogP contribution in [0.1, 0.15) is 5.56 Å². The van der Waals surface area contributed by atoms with Crippen LogP contribution in [0.15, 0.2) is 88.1 Å². The van der Waals surface area contributed by atoms with Crippen LogP contribution in [0.2, 0.25) is 0 Å². The van der Waals surface area contributed by atoms with Crippen molar-refractivity contribution in [3.8, 4) is 28.7 Å². The number of pyridine rings is 1. The van der Waals surface area contributed by atoms with E-state index in [2.05, 4.69) is 4.98 Å². The summed E-state index contributed by atoms with van der Waals surface area (Å²) in [4.78, 5) is 15.9. The summed E-state index contributed by atoms with van der Waals surface area (Å²) in [5, 5.41) is 18.9. The molecule has 2 N–H and O–H groups in total. The first-order valence-corrected chi connectivity index (χ1v) is 9.55. The number of ether oxygens (including phenoxy) is 1. The van der Waals surface area contributed by atoms with Gasteiger partial charge >= 0.3 is 0 Å². The lowest BCUT2D eigenvalue weighted by molar-refractivity contribution is 0.483. The van der Waals surface area contributed by atoms with E-state index < -0.39 is 5.56 Å². The fourth-order valence-corrected chi connectivity index (χ4v) is 3.67. The standard InChI is InChI=1S/C25H15N3O3/c26-14-19-21(15-7-6-10-17(13-15)30-16-8-2-1-3-9-16)22-23(31-24(19)27)18-11-4-5-12-20(18)28-25(22)29/h1-13,27H,(H,28,29). The van der Waals surface area contributed by atoms with Crippen molar-refractivity contribution >= 4 is 21.9 Å². The van der Waals surface area contributed by atoms with E-state index in [0.717, 1.165) is 0 Å². The van der Waals surface area contributed by atoms with Gasteiger partial charge < -0.3 is 14.1 Å². The van der Waals surface area contributed by atoms with Gasteiger partial charge in [0.15, 0.2) is 5.58 Å². The van der Waals surface area contributed by atoms with Crippen LogP contribution in [0.4, 0.5) is 0 Å². The molecule has 0 spiro atoms. The Morgan fingerprint density at radius 3 is 2.48 bits per heavy atom. The molecular weight excluding hydrogens is 390 g/mol. The van der Waals surface area contributed by atoms with Gasteiger partial charge in [-0.3, -0.25) is 10.2 Å². The quantitative estimate of drug-likeness (QED) is 0.408. The molecule has 0 aliphatic carbocycles. The Hall–Kier alpha value is -4.63. The molecule has 0 aliphatic rings. The first-order valence-electron chi connectivity index (χ1n) is 9.55. The lowest BCUT2D eigenvalue weighted by Gasteiger charge is -2.12. The number of para-hydroxylation sites is 2. The van der Waals surface area contributed by atoms with E-state index in [1.165, 1.54) is 0 Å². The number of nitrogens with one attached hydrogen (secondary N) is 2. The van der Waals surface area contributed by atoms with Gasteiger partial charge in [-0.2, -0.15) is 5.26 Å². The maximum Gasteiger partial charge on any atom is 0.260 e. The SMILES string of the molecule is N#Cc1c(-c2cccc(Oc3ccccc3)c2)c2c(=O)[nH]c3ccccc3c2oc1=N. The molecule has 0 radical (unpaired) electrons. The smallest absolute Gasteiger partial charge is 0.260 e. The zero-order valence-electron chi connectivity index (χ0n) is 16.2. The Morgan fingerprint density at radius 2 is 1.68 bits per heavy atom. The highest BCUT2D eigenvalue weighted by Crippen LogP contribution is 2.33. The molecule has 0 saturated heterocycles. The summed E-state index contributed by atoms with van der Waals surface area (Å²) in [6, 6.07) is 25.6. The number of rotatable bonds is 3. The number of aromatic nitrogens is 1. The first-order chi connectivity index (χ1) is 15.2. The van der Waals surface area contributed by atoms with Crippen LogP contribution >= 0.6 is 0 Å². The Labute approximate surface area is 176 Å². The van der Waals surface area contributed by atoms with Gasteiger partial charge in [0.25, 0.3) is 5.56 Å². The van der Waals surface area contributed by atoms with E-state index in [0.29, 0.717) is 33.5 Å². The predicted octanol–water partition coefficient (Wildman–Crippen LogP) is 5.08. The number of hydrogen-bond donors (Lipinski definition) is 2. The van der Waals surface area contributed by atoms with E-state index in [1.807, 2.05) is 42.5 Å². The van der Waals surface area contributed by atoms with Gasteiger partial charge in [-0.25, -0.2) is 0 Å². The second-order valence-electron chi connectivity index (χ2n) is 6.94. The zero-order valence-corrected chi connectivity index (χ0v) is 16.2. The molecule has 5 aromatic rings. The fourth-order valence-electron chi connectivity index (χ4n) is 3.67. The van der Waals surface area contributed by atoms with E-state index in [9.17, 15) is 10.1 Å². The summed E-state index contributed by atoms with van der Waals surface area (Å²) in [6.45, 7) is 0. The third kappa shape index (κ3) is 3.15. The lowest BCUT2D eigenvalue weighted by atomic mass is 9.97. The van der Waals surface area contributed by atoms with Crippen LogP contribution in [0.5, 0.6) is 11.5 Å². The largest absolute Gasteiger partial charge is 0.457 e. The van der Waals surface area contributed by atoms with Gasteiger partial charge in [0.2, 0.25) is 5.55 Å². The molecule has 2 aromatic heterocycles. The maximum absolute atomic E-state index is 13.0. The van der Waals surface area contributed by atoms with Crippen molar-refractivity contribution < 1.29 is 9.15 Å². The highest BCUT2D eigenvalue weighted by atomic mass is 16.5. The molecule has 6 heteroatoms. The highest BCUT2D eigenvalue weighted by Gasteiger charge is 2.20. The monoisotopic (exact) mass is 405 g/mol. The van der Waals surface area contributed by atoms with Crippen LogP contribution in [0.25, 0.3) is 33.0 Å². The van der Waals surface area contributed by atoms with E-state index in [4.69, 9.17) is 14.6 Å². The third-order valence-corrected chi connectivity index (χ3v) is 5.02. The minimum absolute atomic E-state index is 0.00913. The first kappa shape index (κ1) is 18.4. The number of hydrogen-bond acceptors (Lipinski definition) is 5. The van der Waals surface area contributed by atoms with Crippen molar-refractivity contribution in [1.29, 1.82) is 10.7 Å². The Kier molecular flexibility index (Phi) is 4.35. The van der Waals surface area contributed by atoms with Crippen molar-refractivity contribution in [2.24, 2.45) is 0 Å². The van der Waals surface area contributed by atoms with Crippen LogP contribution in [-0.4, -0.2) is 4.98 Å². The normalized spacial score (nSPS) is 10.8. The van der Waals surface area contributed by atoms with Crippen molar-refractivity contribution in [3.05, 3.63) is 100 Å². The second kappa shape index (κ2) is 7.32. The topological polar surface area (TPSA) is 103 Å². The van der Waals surface area contributed by atoms with Crippen molar-refractivity contribution in [2.45, 2.75) is 0 Å². The van der Waals surface area contributed by atoms with Gasteiger partial charge in [-0.05, 0) is 42.0 Å². The number of fused-ring (bicyclic) bond motifs is 3. The number of nitrogens with zero attached hydrogens (tertiary/aromatic N) is 1. The summed E-state index contributed by atoms with van der Waals surface area (Å²) >= 11 is 0. The fraction of sp³-hybridized carbons (Fsp3) is 0. The highest BCUT2D eigenvalue weighted by molar-refractivity contribution is 6.07. The van der Waals surface area contributed by atoms with Crippen LogP contribution in [-0.2, 0) is 0 Å². The molecule has 2 heterocycles. The molecule has 0 amide bonds. The molecule has 5 rings (SSSR count). The number of aromatic amines is 1. The van der Waals surface area contributed by atoms with E-state index >= 15 is 0 Å². The van der Waals surface area contributed by atoms with Crippen molar-refractivity contribution in [1.82, 2.24) is 4.98 Å². The summed E-state index contributed by atoms with van der Waals surface area (Å²) in [6.07, 6.45) is 0. The molecule has 0 aliphatic heterocycles. The molecule has 0 atom stereocenters. The van der Waals surface area contributed by atoms with Gasteiger partial charge in [0.1, 0.15) is 23.1 Å². The molecule has 6 nitrogen and oxygen atoms in total.